The summed E-state index contributed by atoms with van der Waals surface area (Å²) in [5, 5.41) is 19.5. The van der Waals surface area contributed by atoms with Crippen molar-refractivity contribution in [3.05, 3.63) is 109 Å². The highest BCUT2D eigenvalue weighted by Gasteiger charge is 2.10. The average molecular weight is 457 g/mol. The molecule has 0 fully saturated rings. The van der Waals surface area contributed by atoms with Gasteiger partial charge in [0.15, 0.2) is 0 Å². The molecule has 5 aromatic rings. The van der Waals surface area contributed by atoms with Crippen LogP contribution in [0.3, 0.4) is 0 Å². The van der Waals surface area contributed by atoms with Gasteiger partial charge in [-0.25, -0.2) is 0 Å². The third-order valence-electron chi connectivity index (χ3n) is 5.25. The lowest BCUT2D eigenvalue weighted by molar-refractivity contribution is 0.102. The normalized spacial score (nSPS) is 10.4. The first-order valence-electron chi connectivity index (χ1n) is 10.8. The molecule has 8 nitrogen and oxygen atoms in total. The molecular weight excluding hydrogens is 438 g/mol. The number of carbonyl (C=O) groups excluding carboxylic acids is 1. The molecule has 0 saturated heterocycles. The molecule has 3 N–H and O–H groups in total. The quantitative estimate of drug-likeness (QED) is 0.302. The van der Waals surface area contributed by atoms with Gasteiger partial charge in [0.2, 0.25) is 0 Å². The molecule has 0 aliphatic rings. The molecule has 0 atom stereocenters. The van der Waals surface area contributed by atoms with E-state index in [0.717, 1.165) is 28.0 Å². The smallest absolute Gasteiger partial charge is 0.274 e. The van der Waals surface area contributed by atoms with Crippen LogP contribution in [0.15, 0.2) is 97.6 Å². The van der Waals surface area contributed by atoms with E-state index in [1.54, 1.807) is 49.1 Å². The maximum Gasteiger partial charge on any atom is 0.274 e. The van der Waals surface area contributed by atoms with Crippen LogP contribution in [0, 0.1) is 11.3 Å². The molecule has 2 aromatic carbocycles. The van der Waals surface area contributed by atoms with E-state index in [0.29, 0.717) is 16.9 Å². The lowest BCUT2D eigenvalue weighted by Crippen LogP contribution is -2.13. The molecule has 0 radical (unpaired) electrons. The van der Waals surface area contributed by atoms with Gasteiger partial charge in [-0.05, 0) is 72.8 Å². The highest BCUT2D eigenvalue weighted by Crippen LogP contribution is 2.26. The largest absolute Gasteiger partial charge is 0.355 e. The molecule has 3 heterocycles. The Bertz CT molecular complexity index is 1540. The predicted molar refractivity (Wildman–Crippen MR) is 136 cm³/mol. The van der Waals surface area contributed by atoms with Crippen molar-refractivity contribution < 1.29 is 4.79 Å². The molecule has 0 aliphatic carbocycles. The second-order valence-electron chi connectivity index (χ2n) is 7.65. The molecule has 0 saturated carbocycles. The zero-order chi connectivity index (χ0) is 24.0. The Balaban J connectivity index is 1.30. The molecule has 0 unspecified atom stereocenters. The number of hydrogen-bond donors (Lipinski definition) is 3. The van der Waals surface area contributed by atoms with Crippen molar-refractivity contribution in [1.29, 1.82) is 5.26 Å². The van der Waals surface area contributed by atoms with E-state index >= 15 is 0 Å². The molecule has 3 aromatic heterocycles. The highest BCUT2D eigenvalue weighted by molar-refractivity contribution is 6.03. The van der Waals surface area contributed by atoms with E-state index < -0.39 is 0 Å². The number of nitriles is 1. The monoisotopic (exact) mass is 457 g/mol. The second kappa shape index (κ2) is 9.68. The minimum Gasteiger partial charge on any atom is -0.355 e. The number of benzene rings is 2. The van der Waals surface area contributed by atoms with Gasteiger partial charge >= 0.3 is 0 Å². The fourth-order valence-electron chi connectivity index (χ4n) is 3.55. The number of amides is 1. The zero-order valence-electron chi connectivity index (χ0n) is 18.4. The number of nitrogens with zero attached hydrogens (tertiary/aromatic N) is 4. The Morgan fingerprint density at radius 3 is 2.23 bits per heavy atom. The summed E-state index contributed by atoms with van der Waals surface area (Å²) in [7, 11) is 0. The number of hydrogen-bond acceptors (Lipinski definition) is 7. The van der Waals surface area contributed by atoms with Crippen LogP contribution in [0.25, 0.3) is 10.9 Å². The fraction of sp³-hybridized carbons (Fsp3) is 0. The van der Waals surface area contributed by atoms with Crippen LogP contribution in [0.4, 0.5) is 28.4 Å². The van der Waals surface area contributed by atoms with Gasteiger partial charge in [0.05, 0.1) is 17.1 Å². The molecular formula is C27H19N7O. The fourth-order valence-corrected chi connectivity index (χ4v) is 3.55. The third kappa shape index (κ3) is 5.05. The van der Waals surface area contributed by atoms with Crippen molar-refractivity contribution in [2.24, 2.45) is 0 Å². The van der Waals surface area contributed by atoms with Crippen LogP contribution in [0.2, 0.25) is 0 Å². The Labute approximate surface area is 201 Å². The van der Waals surface area contributed by atoms with Crippen molar-refractivity contribution >= 4 is 45.2 Å². The minimum absolute atomic E-state index is 0.269. The Kier molecular flexibility index (Phi) is 5.96. The number of aromatic nitrogens is 3. The maximum absolute atomic E-state index is 12.8. The number of nitrogens with one attached hydrogen (secondary N) is 3. The van der Waals surface area contributed by atoms with E-state index in [1.807, 2.05) is 48.5 Å². The third-order valence-corrected chi connectivity index (χ3v) is 5.25. The van der Waals surface area contributed by atoms with E-state index in [4.69, 9.17) is 0 Å². The first-order chi connectivity index (χ1) is 17.2. The van der Waals surface area contributed by atoms with Crippen molar-refractivity contribution in [3.63, 3.8) is 0 Å². The summed E-state index contributed by atoms with van der Waals surface area (Å²) in [6.07, 6.45) is 6.70. The molecule has 35 heavy (non-hydrogen) atoms. The second-order valence-corrected chi connectivity index (χ2v) is 7.65. The molecule has 0 spiro atoms. The highest BCUT2D eigenvalue weighted by atomic mass is 16.1. The van der Waals surface area contributed by atoms with Gasteiger partial charge in [-0.1, -0.05) is 0 Å². The van der Waals surface area contributed by atoms with Gasteiger partial charge in [0.1, 0.15) is 5.69 Å². The lowest BCUT2D eigenvalue weighted by atomic mass is 10.1. The summed E-state index contributed by atoms with van der Waals surface area (Å²) in [6, 6.07) is 23.9. The van der Waals surface area contributed by atoms with Gasteiger partial charge in [-0.15, -0.1) is 0 Å². The van der Waals surface area contributed by atoms with Crippen LogP contribution in [-0.2, 0) is 0 Å². The van der Waals surface area contributed by atoms with E-state index in [1.165, 1.54) is 0 Å². The molecule has 1 amide bonds. The van der Waals surface area contributed by atoms with Crippen LogP contribution < -0.4 is 16.0 Å². The van der Waals surface area contributed by atoms with E-state index in [-0.39, 0.29) is 11.6 Å². The lowest BCUT2D eigenvalue weighted by Gasteiger charge is -2.11. The van der Waals surface area contributed by atoms with Crippen LogP contribution >= 0.6 is 0 Å². The maximum atomic E-state index is 12.8. The first kappa shape index (κ1) is 21.6. The van der Waals surface area contributed by atoms with Crippen molar-refractivity contribution in [1.82, 2.24) is 15.0 Å². The Morgan fingerprint density at radius 1 is 0.714 bits per heavy atom. The number of anilines is 5. The minimum atomic E-state index is -0.324. The summed E-state index contributed by atoms with van der Waals surface area (Å²) in [5.74, 6) is -0.324. The molecule has 5 rings (SSSR count). The number of carbonyl (C=O) groups is 1. The predicted octanol–water partition coefficient (Wildman–Crippen LogP) is 5.64. The number of fused-ring (bicyclic) bond motifs is 1. The summed E-state index contributed by atoms with van der Waals surface area (Å²) < 4.78 is 0. The van der Waals surface area contributed by atoms with Crippen LogP contribution in [-0.4, -0.2) is 20.9 Å². The summed E-state index contributed by atoms with van der Waals surface area (Å²) in [4.78, 5) is 25.4. The van der Waals surface area contributed by atoms with Crippen molar-refractivity contribution in [2.45, 2.75) is 0 Å². The first-order valence-corrected chi connectivity index (χ1v) is 10.8. The standard InChI is InChI=1S/C27H19N7O/c28-17-18-1-6-24-23(15-18)25(10-14-30-24)33-22-9-13-31-26(16-22)27(35)34-20-4-2-19(3-5-20)32-21-7-11-29-12-8-21/h1-16H,(H,29,32)(H,34,35)(H,30,31,33). The summed E-state index contributed by atoms with van der Waals surface area (Å²) in [6.45, 7) is 0. The summed E-state index contributed by atoms with van der Waals surface area (Å²) in [5.41, 5.74) is 5.52. The number of pyridine rings is 3. The van der Waals surface area contributed by atoms with Gasteiger partial charge in [-0.3, -0.25) is 19.7 Å². The van der Waals surface area contributed by atoms with Crippen molar-refractivity contribution in [2.75, 3.05) is 16.0 Å². The summed E-state index contributed by atoms with van der Waals surface area (Å²) >= 11 is 0. The molecule has 168 valence electrons. The Hall–Kier alpha value is -5.29. The van der Waals surface area contributed by atoms with E-state index in [9.17, 15) is 10.1 Å². The molecule has 0 aliphatic heterocycles. The number of rotatable bonds is 6. The van der Waals surface area contributed by atoms with Gasteiger partial charge in [0.25, 0.3) is 5.91 Å². The Morgan fingerprint density at radius 2 is 1.43 bits per heavy atom. The van der Waals surface area contributed by atoms with Gasteiger partial charge in [0, 0.05) is 58.6 Å². The molecule has 0 bridgehead atoms. The SMILES string of the molecule is N#Cc1ccc2nccc(Nc3ccnc(C(=O)Nc4ccc(Nc5ccncc5)cc4)c3)c2c1. The van der Waals surface area contributed by atoms with E-state index in [2.05, 4.69) is 37.0 Å². The average Bonchev–Trinajstić information content (AvgIpc) is 2.90. The topological polar surface area (TPSA) is 116 Å². The van der Waals surface area contributed by atoms with Crippen LogP contribution in [0.1, 0.15) is 16.1 Å². The molecule has 8 heteroatoms. The van der Waals surface area contributed by atoms with Crippen LogP contribution in [0.5, 0.6) is 0 Å². The van der Waals surface area contributed by atoms with Gasteiger partial charge in [-0.2, -0.15) is 5.26 Å². The van der Waals surface area contributed by atoms with Crippen molar-refractivity contribution in [3.8, 4) is 6.07 Å². The van der Waals surface area contributed by atoms with Gasteiger partial charge < -0.3 is 16.0 Å². The zero-order valence-corrected chi connectivity index (χ0v) is 18.4.